The maximum Gasteiger partial charge on any atom is 0.241 e. The number of amides is 1. The molecule has 1 atom stereocenters. The Bertz CT molecular complexity index is 541. The summed E-state index contributed by atoms with van der Waals surface area (Å²) >= 11 is 3.24. The van der Waals surface area contributed by atoms with Gasteiger partial charge in [0.25, 0.3) is 0 Å². The first-order chi connectivity index (χ1) is 8.70. The lowest BCUT2D eigenvalue weighted by atomic mass is 10.2. The molecular formula is C12H15N3OS2. The van der Waals surface area contributed by atoms with Crippen LogP contribution in [0.25, 0.3) is 10.2 Å². The van der Waals surface area contributed by atoms with E-state index in [1.54, 1.807) is 28.6 Å². The van der Waals surface area contributed by atoms with Crippen molar-refractivity contribution in [3.05, 3.63) is 23.7 Å². The van der Waals surface area contributed by atoms with Crippen molar-refractivity contribution in [2.75, 3.05) is 17.3 Å². The lowest BCUT2D eigenvalue weighted by molar-refractivity contribution is -0.117. The van der Waals surface area contributed by atoms with Gasteiger partial charge >= 0.3 is 0 Å². The maximum absolute atomic E-state index is 11.8. The third-order valence-corrected chi connectivity index (χ3v) is 4.00. The zero-order chi connectivity index (χ0) is 13.0. The number of anilines is 1. The number of benzene rings is 1. The molecule has 3 N–H and O–H groups in total. The van der Waals surface area contributed by atoms with Gasteiger partial charge in [0, 0.05) is 5.69 Å². The summed E-state index contributed by atoms with van der Waals surface area (Å²) in [5.41, 5.74) is 9.32. The van der Waals surface area contributed by atoms with Gasteiger partial charge in [-0.05, 0) is 36.6 Å². The highest BCUT2D eigenvalue weighted by Crippen LogP contribution is 2.21. The van der Waals surface area contributed by atoms with Crippen LogP contribution >= 0.6 is 23.1 Å². The summed E-state index contributed by atoms with van der Waals surface area (Å²) in [6.45, 7) is 0. The predicted octanol–water partition coefficient (Wildman–Crippen LogP) is 2.32. The largest absolute Gasteiger partial charge is 0.325 e. The lowest BCUT2D eigenvalue weighted by Crippen LogP contribution is -2.36. The molecule has 2 rings (SSSR count). The molecule has 1 aromatic carbocycles. The molecule has 6 heteroatoms. The first-order valence-electron chi connectivity index (χ1n) is 5.59. The first kappa shape index (κ1) is 13.3. The first-order valence-corrected chi connectivity index (χ1v) is 7.86. The van der Waals surface area contributed by atoms with Crippen LogP contribution < -0.4 is 11.1 Å². The Labute approximate surface area is 114 Å². The number of nitrogens with zero attached hydrogens (tertiary/aromatic N) is 1. The summed E-state index contributed by atoms with van der Waals surface area (Å²) in [7, 11) is 0. The molecule has 0 aliphatic rings. The van der Waals surface area contributed by atoms with Crippen LogP contribution in [-0.2, 0) is 4.79 Å². The van der Waals surface area contributed by atoms with Crippen molar-refractivity contribution in [2.45, 2.75) is 12.5 Å². The molecular weight excluding hydrogens is 266 g/mol. The van der Waals surface area contributed by atoms with Crippen molar-refractivity contribution < 1.29 is 4.79 Å². The Hall–Kier alpha value is -1.11. The summed E-state index contributed by atoms with van der Waals surface area (Å²) in [5.74, 6) is 0.760. The third kappa shape index (κ3) is 3.22. The van der Waals surface area contributed by atoms with Crippen LogP contribution in [0.5, 0.6) is 0 Å². The van der Waals surface area contributed by atoms with Crippen molar-refractivity contribution in [3.8, 4) is 0 Å². The molecule has 0 unspecified atom stereocenters. The number of carbonyl (C=O) groups is 1. The average molecular weight is 281 g/mol. The fourth-order valence-corrected chi connectivity index (χ4v) is 2.75. The Balaban J connectivity index is 2.01. The number of aromatic nitrogens is 1. The molecule has 0 radical (unpaired) electrons. The molecule has 0 saturated heterocycles. The number of thioether (sulfide) groups is 1. The normalized spacial score (nSPS) is 12.6. The van der Waals surface area contributed by atoms with E-state index in [9.17, 15) is 4.79 Å². The minimum absolute atomic E-state index is 0.132. The summed E-state index contributed by atoms with van der Waals surface area (Å²) in [5, 5.41) is 2.84. The molecule has 0 bridgehead atoms. The van der Waals surface area contributed by atoms with E-state index in [1.807, 2.05) is 24.5 Å². The number of nitrogens with two attached hydrogens (primary N) is 1. The van der Waals surface area contributed by atoms with Gasteiger partial charge in [0.1, 0.15) is 0 Å². The minimum Gasteiger partial charge on any atom is -0.325 e. The van der Waals surface area contributed by atoms with Gasteiger partial charge in [0.15, 0.2) is 0 Å². The van der Waals surface area contributed by atoms with Gasteiger partial charge in [-0.15, -0.1) is 11.3 Å². The molecule has 1 amide bonds. The topological polar surface area (TPSA) is 68.0 Å². The molecule has 0 fully saturated rings. The lowest BCUT2D eigenvalue weighted by Gasteiger charge is -2.11. The second-order valence-electron chi connectivity index (χ2n) is 3.91. The third-order valence-electron chi connectivity index (χ3n) is 2.57. The second kappa shape index (κ2) is 6.17. The van der Waals surface area contributed by atoms with Crippen LogP contribution in [0.15, 0.2) is 23.7 Å². The number of hydrogen-bond acceptors (Lipinski definition) is 5. The van der Waals surface area contributed by atoms with E-state index in [1.165, 1.54) is 0 Å². The van der Waals surface area contributed by atoms with Gasteiger partial charge in [-0.3, -0.25) is 4.79 Å². The minimum atomic E-state index is -0.449. The fraction of sp³-hybridized carbons (Fsp3) is 0.333. The average Bonchev–Trinajstić information content (AvgIpc) is 2.83. The van der Waals surface area contributed by atoms with Gasteiger partial charge in [-0.25, -0.2) is 4.98 Å². The summed E-state index contributed by atoms with van der Waals surface area (Å²) in [6, 6.07) is 5.22. The molecule has 1 heterocycles. The molecule has 2 aromatic rings. The summed E-state index contributed by atoms with van der Waals surface area (Å²) in [4.78, 5) is 16.0. The van der Waals surface area contributed by atoms with E-state index in [0.717, 1.165) is 21.7 Å². The molecule has 0 aliphatic heterocycles. The molecule has 0 spiro atoms. The van der Waals surface area contributed by atoms with E-state index in [-0.39, 0.29) is 5.91 Å². The SMILES string of the molecule is CSCC[C@H](N)C(=O)Nc1ccc2ncsc2c1. The zero-order valence-electron chi connectivity index (χ0n) is 10.1. The van der Waals surface area contributed by atoms with Gasteiger partial charge in [-0.2, -0.15) is 11.8 Å². The Morgan fingerprint density at radius 3 is 3.22 bits per heavy atom. The molecule has 18 heavy (non-hydrogen) atoms. The van der Waals surface area contributed by atoms with Crippen molar-refractivity contribution in [3.63, 3.8) is 0 Å². The van der Waals surface area contributed by atoms with Crippen LogP contribution in [0, 0.1) is 0 Å². The quantitative estimate of drug-likeness (QED) is 0.882. The molecule has 4 nitrogen and oxygen atoms in total. The predicted molar refractivity (Wildman–Crippen MR) is 79.2 cm³/mol. The summed E-state index contributed by atoms with van der Waals surface area (Å²) < 4.78 is 1.06. The Morgan fingerprint density at radius 1 is 1.61 bits per heavy atom. The van der Waals surface area contributed by atoms with Crippen molar-refractivity contribution >= 4 is 44.9 Å². The van der Waals surface area contributed by atoms with Crippen molar-refractivity contribution in [2.24, 2.45) is 5.73 Å². The number of thiazole rings is 1. The number of fused-ring (bicyclic) bond motifs is 1. The highest BCUT2D eigenvalue weighted by molar-refractivity contribution is 7.98. The van der Waals surface area contributed by atoms with Gasteiger partial charge < -0.3 is 11.1 Å². The maximum atomic E-state index is 11.8. The van der Waals surface area contributed by atoms with E-state index in [4.69, 9.17) is 5.73 Å². The van der Waals surface area contributed by atoms with Crippen molar-refractivity contribution in [1.29, 1.82) is 0 Å². The van der Waals surface area contributed by atoms with Gasteiger partial charge in [0.2, 0.25) is 5.91 Å². The number of nitrogens with one attached hydrogen (secondary N) is 1. The number of rotatable bonds is 5. The Morgan fingerprint density at radius 2 is 2.44 bits per heavy atom. The van der Waals surface area contributed by atoms with E-state index in [0.29, 0.717) is 6.42 Å². The molecule has 1 aromatic heterocycles. The van der Waals surface area contributed by atoms with Crippen molar-refractivity contribution in [1.82, 2.24) is 4.98 Å². The second-order valence-corrected chi connectivity index (χ2v) is 5.78. The summed E-state index contributed by atoms with van der Waals surface area (Å²) in [6.07, 6.45) is 2.69. The Kier molecular flexibility index (Phi) is 4.57. The van der Waals surface area contributed by atoms with E-state index >= 15 is 0 Å². The monoisotopic (exact) mass is 281 g/mol. The van der Waals surface area contributed by atoms with Crippen LogP contribution in [0.3, 0.4) is 0 Å². The number of carbonyl (C=O) groups excluding carboxylic acids is 1. The van der Waals surface area contributed by atoms with Crippen LogP contribution in [0.1, 0.15) is 6.42 Å². The fourth-order valence-electron chi connectivity index (χ4n) is 1.54. The standard InChI is InChI=1S/C12H15N3OS2/c1-17-5-4-9(13)12(16)15-8-2-3-10-11(6-8)18-7-14-10/h2-3,6-7,9H,4-5,13H2,1H3,(H,15,16)/t9-/m0/s1. The smallest absolute Gasteiger partial charge is 0.241 e. The highest BCUT2D eigenvalue weighted by Gasteiger charge is 2.13. The molecule has 0 aliphatic carbocycles. The van der Waals surface area contributed by atoms with Crippen LogP contribution in [0.4, 0.5) is 5.69 Å². The molecule has 0 saturated carbocycles. The van der Waals surface area contributed by atoms with Gasteiger partial charge in [0.05, 0.1) is 21.8 Å². The van der Waals surface area contributed by atoms with E-state index < -0.39 is 6.04 Å². The van der Waals surface area contributed by atoms with Crippen LogP contribution in [0.2, 0.25) is 0 Å². The van der Waals surface area contributed by atoms with E-state index in [2.05, 4.69) is 10.3 Å². The zero-order valence-corrected chi connectivity index (χ0v) is 11.7. The van der Waals surface area contributed by atoms with Crippen LogP contribution in [-0.4, -0.2) is 28.9 Å². The highest BCUT2D eigenvalue weighted by atomic mass is 32.2. The number of hydrogen-bond donors (Lipinski definition) is 2. The molecule has 96 valence electrons. The van der Waals surface area contributed by atoms with Gasteiger partial charge in [-0.1, -0.05) is 0 Å².